The summed E-state index contributed by atoms with van der Waals surface area (Å²) in [6.45, 7) is 2.12. The van der Waals surface area contributed by atoms with Crippen LogP contribution in [0, 0.1) is 0 Å². The molecule has 1 rings (SSSR count). The van der Waals surface area contributed by atoms with Crippen LogP contribution in [0.5, 0.6) is 17.2 Å². The monoisotopic (exact) mass is 297 g/mol. The van der Waals surface area contributed by atoms with Crippen LogP contribution in [0.1, 0.15) is 18.9 Å². The Labute approximate surface area is 125 Å². The molecule has 1 aromatic carbocycles. The van der Waals surface area contributed by atoms with Crippen molar-refractivity contribution in [2.75, 3.05) is 27.9 Å². The van der Waals surface area contributed by atoms with Gasteiger partial charge in [0.15, 0.2) is 11.5 Å². The van der Waals surface area contributed by atoms with Crippen molar-refractivity contribution < 1.29 is 23.7 Å². The van der Waals surface area contributed by atoms with E-state index in [0.29, 0.717) is 23.7 Å². The van der Waals surface area contributed by atoms with Crippen LogP contribution in [0.25, 0.3) is 0 Å². The average molecular weight is 297 g/mol. The number of esters is 1. The quantitative estimate of drug-likeness (QED) is 0.733. The van der Waals surface area contributed by atoms with Crippen molar-refractivity contribution in [1.29, 1.82) is 0 Å². The number of carbonyl (C=O) groups excluding carboxylic acids is 1. The van der Waals surface area contributed by atoms with Gasteiger partial charge in [0.2, 0.25) is 5.75 Å². The topological polar surface area (TPSA) is 80.0 Å². The second kappa shape index (κ2) is 8.36. The van der Waals surface area contributed by atoms with E-state index >= 15 is 0 Å². The predicted octanol–water partition coefficient (Wildman–Crippen LogP) is 1.54. The summed E-state index contributed by atoms with van der Waals surface area (Å²) in [4.78, 5) is 11.1. The molecule has 1 unspecified atom stereocenters. The van der Waals surface area contributed by atoms with Crippen molar-refractivity contribution in [3.63, 3.8) is 0 Å². The van der Waals surface area contributed by atoms with Crippen LogP contribution in [0.3, 0.4) is 0 Å². The van der Waals surface area contributed by atoms with E-state index in [9.17, 15) is 4.79 Å². The molecule has 0 heterocycles. The molecule has 0 aliphatic heterocycles. The van der Waals surface area contributed by atoms with Crippen LogP contribution in [0.15, 0.2) is 12.1 Å². The molecular formula is C15H23NO5. The van der Waals surface area contributed by atoms with Gasteiger partial charge in [0.1, 0.15) is 0 Å². The molecule has 118 valence electrons. The van der Waals surface area contributed by atoms with E-state index in [4.69, 9.17) is 19.9 Å². The van der Waals surface area contributed by atoms with Gasteiger partial charge in [0, 0.05) is 6.04 Å². The molecule has 1 aromatic rings. The maximum Gasteiger partial charge on any atom is 0.308 e. The molecule has 0 radical (unpaired) electrons. The predicted molar refractivity (Wildman–Crippen MR) is 79.0 cm³/mol. The minimum absolute atomic E-state index is 0.0329. The lowest BCUT2D eigenvalue weighted by atomic mass is 10.1. The Morgan fingerprint density at radius 2 is 1.76 bits per heavy atom. The summed E-state index contributed by atoms with van der Waals surface area (Å²) >= 11 is 0. The van der Waals surface area contributed by atoms with Crippen molar-refractivity contribution in [2.45, 2.75) is 25.8 Å². The molecule has 0 spiro atoms. The Bertz CT molecular complexity index is 448. The number of nitrogens with two attached hydrogens (primary N) is 1. The molecule has 0 saturated heterocycles. The molecule has 2 N–H and O–H groups in total. The molecule has 0 aliphatic carbocycles. The zero-order valence-electron chi connectivity index (χ0n) is 13.0. The van der Waals surface area contributed by atoms with Crippen molar-refractivity contribution in [3.8, 4) is 17.2 Å². The summed E-state index contributed by atoms with van der Waals surface area (Å²) in [5.41, 5.74) is 6.81. The average Bonchev–Trinajstić information content (AvgIpc) is 2.46. The van der Waals surface area contributed by atoms with E-state index in [2.05, 4.69) is 4.74 Å². The van der Waals surface area contributed by atoms with Gasteiger partial charge in [-0.2, -0.15) is 0 Å². The number of rotatable bonds is 8. The van der Waals surface area contributed by atoms with E-state index in [1.54, 1.807) is 14.2 Å². The van der Waals surface area contributed by atoms with Gasteiger partial charge in [-0.3, -0.25) is 4.79 Å². The SMILES string of the molecule is COC(=O)CCOc1c(OC)cc(CC(C)N)cc1OC. The largest absolute Gasteiger partial charge is 0.493 e. The Morgan fingerprint density at radius 3 is 2.19 bits per heavy atom. The second-order valence-electron chi connectivity index (χ2n) is 4.69. The van der Waals surface area contributed by atoms with E-state index in [-0.39, 0.29) is 25.0 Å². The lowest BCUT2D eigenvalue weighted by Crippen LogP contribution is -2.18. The normalized spacial score (nSPS) is 11.7. The molecule has 0 aliphatic rings. The minimum atomic E-state index is -0.332. The summed E-state index contributed by atoms with van der Waals surface area (Å²) in [6.07, 6.45) is 0.861. The molecule has 6 heteroatoms. The van der Waals surface area contributed by atoms with Gasteiger partial charge in [0.25, 0.3) is 0 Å². The molecule has 0 saturated carbocycles. The molecule has 21 heavy (non-hydrogen) atoms. The van der Waals surface area contributed by atoms with Crippen molar-refractivity contribution >= 4 is 5.97 Å². The zero-order chi connectivity index (χ0) is 15.8. The van der Waals surface area contributed by atoms with Gasteiger partial charge < -0.3 is 24.7 Å². The second-order valence-corrected chi connectivity index (χ2v) is 4.69. The smallest absolute Gasteiger partial charge is 0.308 e. The number of carbonyl (C=O) groups is 1. The number of ether oxygens (including phenoxy) is 4. The highest BCUT2D eigenvalue weighted by Gasteiger charge is 2.15. The highest BCUT2D eigenvalue weighted by Crippen LogP contribution is 2.38. The fraction of sp³-hybridized carbons (Fsp3) is 0.533. The number of hydrogen-bond donors (Lipinski definition) is 1. The molecule has 0 bridgehead atoms. The fourth-order valence-corrected chi connectivity index (χ4v) is 1.90. The van der Waals surface area contributed by atoms with E-state index in [1.807, 2.05) is 19.1 Å². The number of benzene rings is 1. The van der Waals surface area contributed by atoms with Crippen LogP contribution < -0.4 is 19.9 Å². The first-order valence-corrected chi connectivity index (χ1v) is 6.71. The summed E-state index contributed by atoms with van der Waals surface area (Å²) in [7, 11) is 4.45. The summed E-state index contributed by atoms with van der Waals surface area (Å²) < 4.78 is 20.8. The lowest BCUT2D eigenvalue weighted by molar-refractivity contribution is -0.141. The first-order chi connectivity index (χ1) is 10.0. The van der Waals surface area contributed by atoms with Gasteiger partial charge in [-0.15, -0.1) is 0 Å². The van der Waals surface area contributed by atoms with Crippen molar-refractivity contribution in [1.82, 2.24) is 0 Å². The van der Waals surface area contributed by atoms with Gasteiger partial charge in [0.05, 0.1) is 34.4 Å². The summed E-state index contributed by atoms with van der Waals surface area (Å²) in [6, 6.07) is 3.75. The maximum atomic E-state index is 11.1. The third-order valence-corrected chi connectivity index (χ3v) is 2.86. The fourth-order valence-electron chi connectivity index (χ4n) is 1.90. The number of hydrogen-bond acceptors (Lipinski definition) is 6. The van der Waals surface area contributed by atoms with Gasteiger partial charge >= 0.3 is 5.97 Å². The van der Waals surface area contributed by atoms with E-state index in [1.165, 1.54) is 7.11 Å². The lowest BCUT2D eigenvalue weighted by Gasteiger charge is -2.16. The van der Waals surface area contributed by atoms with Crippen LogP contribution >= 0.6 is 0 Å². The first kappa shape index (κ1) is 17.1. The van der Waals surface area contributed by atoms with Crippen LogP contribution in [0.2, 0.25) is 0 Å². The Kier molecular flexibility index (Phi) is 6.81. The minimum Gasteiger partial charge on any atom is -0.493 e. The molecular weight excluding hydrogens is 274 g/mol. The summed E-state index contributed by atoms with van der Waals surface area (Å²) in [5, 5.41) is 0. The third-order valence-electron chi connectivity index (χ3n) is 2.86. The Hall–Kier alpha value is -1.95. The molecule has 6 nitrogen and oxygen atoms in total. The van der Waals surface area contributed by atoms with Crippen LogP contribution in [0.4, 0.5) is 0 Å². The molecule has 0 fully saturated rings. The van der Waals surface area contributed by atoms with Crippen molar-refractivity contribution in [2.24, 2.45) is 5.73 Å². The zero-order valence-corrected chi connectivity index (χ0v) is 13.0. The third kappa shape index (κ3) is 5.15. The maximum absolute atomic E-state index is 11.1. The molecule has 0 aromatic heterocycles. The molecule has 1 atom stereocenters. The van der Waals surface area contributed by atoms with E-state index < -0.39 is 0 Å². The Balaban J connectivity index is 2.92. The summed E-state index contributed by atoms with van der Waals surface area (Å²) in [5.74, 6) is 1.24. The number of methoxy groups -OCH3 is 3. The highest BCUT2D eigenvalue weighted by molar-refractivity contribution is 5.69. The van der Waals surface area contributed by atoms with E-state index in [0.717, 1.165) is 5.56 Å². The molecule has 0 amide bonds. The van der Waals surface area contributed by atoms with Gasteiger partial charge in [-0.1, -0.05) is 0 Å². The van der Waals surface area contributed by atoms with Crippen LogP contribution in [-0.4, -0.2) is 39.9 Å². The van der Waals surface area contributed by atoms with Crippen molar-refractivity contribution in [3.05, 3.63) is 17.7 Å². The van der Waals surface area contributed by atoms with Crippen LogP contribution in [-0.2, 0) is 16.0 Å². The first-order valence-electron chi connectivity index (χ1n) is 6.71. The highest BCUT2D eigenvalue weighted by atomic mass is 16.5. The standard InChI is InChI=1S/C15H23NO5/c1-10(16)7-11-8-12(18-2)15(13(9-11)19-3)21-6-5-14(17)20-4/h8-10H,5-7,16H2,1-4H3. The Morgan fingerprint density at radius 1 is 1.19 bits per heavy atom. The van der Waals surface area contributed by atoms with Gasteiger partial charge in [-0.25, -0.2) is 0 Å². The van der Waals surface area contributed by atoms with Gasteiger partial charge in [-0.05, 0) is 31.0 Å².